The molecule has 20 heavy (non-hydrogen) atoms. The van der Waals surface area contributed by atoms with Crippen LogP contribution < -0.4 is 10.0 Å². The van der Waals surface area contributed by atoms with Gasteiger partial charge in [-0.15, -0.1) is 0 Å². The summed E-state index contributed by atoms with van der Waals surface area (Å²) in [5, 5.41) is 3.35. The lowest BCUT2D eigenvalue weighted by atomic mass is 10.0. The van der Waals surface area contributed by atoms with E-state index in [9.17, 15) is 12.8 Å². The van der Waals surface area contributed by atoms with Gasteiger partial charge in [0.25, 0.3) is 0 Å². The van der Waals surface area contributed by atoms with Crippen molar-refractivity contribution in [2.24, 2.45) is 0 Å². The highest BCUT2D eigenvalue weighted by Gasteiger charge is 2.36. The first-order valence-corrected chi connectivity index (χ1v) is 8.54. The fourth-order valence-corrected chi connectivity index (χ4v) is 5.04. The van der Waals surface area contributed by atoms with Gasteiger partial charge < -0.3 is 5.32 Å². The molecule has 0 radical (unpaired) electrons. The molecule has 0 amide bonds. The van der Waals surface area contributed by atoms with Crippen molar-refractivity contribution in [2.45, 2.75) is 48.7 Å². The Morgan fingerprint density at radius 2 is 1.90 bits per heavy atom. The zero-order chi connectivity index (χ0) is 14.3. The third-order valence-electron chi connectivity index (χ3n) is 3.98. The van der Waals surface area contributed by atoms with Crippen molar-refractivity contribution in [1.82, 2.24) is 10.0 Å². The number of hydrogen-bond donors (Lipinski definition) is 2. The molecular weight excluding hydrogens is 303 g/mol. The summed E-state index contributed by atoms with van der Waals surface area (Å²) in [7, 11) is -3.93. The number of sulfonamides is 1. The summed E-state index contributed by atoms with van der Waals surface area (Å²) in [6.07, 6.45) is 3.62. The highest BCUT2D eigenvalue weighted by molar-refractivity contribution is 7.89. The van der Waals surface area contributed by atoms with Crippen LogP contribution in [0.25, 0.3) is 0 Å². The lowest BCUT2D eigenvalue weighted by Gasteiger charge is -2.29. The van der Waals surface area contributed by atoms with Crippen LogP contribution in [0.2, 0.25) is 5.02 Å². The van der Waals surface area contributed by atoms with Gasteiger partial charge in [-0.1, -0.05) is 17.7 Å². The fourth-order valence-electron chi connectivity index (χ4n) is 3.17. The van der Waals surface area contributed by atoms with E-state index in [1.807, 2.05) is 0 Å². The molecule has 2 unspecified atom stereocenters. The van der Waals surface area contributed by atoms with Crippen LogP contribution in [0.4, 0.5) is 4.39 Å². The van der Waals surface area contributed by atoms with Crippen molar-refractivity contribution >= 4 is 21.6 Å². The topological polar surface area (TPSA) is 58.2 Å². The van der Waals surface area contributed by atoms with Crippen LogP contribution in [0.3, 0.4) is 0 Å². The predicted octanol–water partition coefficient (Wildman–Crippen LogP) is 2.04. The summed E-state index contributed by atoms with van der Waals surface area (Å²) in [5.74, 6) is -0.818. The lowest BCUT2D eigenvalue weighted by Crippen LogP contribution is -2.48. The number of nitrogens with one attached hydrogen (secondary N) is 2. The molecule has 2 N–H and O–H groups in total. The molecule has 3 rings (SSSR count). The standard InChI is InChI=1S/C13H16ClFN2O2S/c14-11-2-1-3-12(15)13(11)20(18,19)17-10-6-8-4-5-9(7-10)16-8/h1-3,8-10,16-17H,4-7H2. The molecule has 2 aliphatic heterocycles. The van der Waals surface area contributed by atoms with E-state index in [4.69, 9.17) is 11.6 Å². The molecule has 2 saturated heterocycles. The van der Waals surface area contributed by atoms with Crippen LogP contribution in [0.1, 0.15) is 25.7 Å². The van der Waals surface area contributed by atoms with E-state index in [0.29, 0.717) is 12.1 Å². The van der Waals surface area contributed by atoms with E-state index in [2.05, 4.69) is 10.0 Å². The molecule has 4 nitrogen and oxygen atoms in total. The molecular formula is C13H16ClFN2O2S. The van der Waals surface area contributed by atoms with Crippen molar-refractivity contribution in [2.75, 3.05) is 0 Å². The van der Waals surface area contributed by atoms with E-state index in [1.54, 1.807) is 0 Å². The summed E-state index contributed by atoms with van der Waals surface area (Å²) in [4.78, 5) is -0.451. The Hall–Kier alpha value is -0.690. The molecule has 0 spiro atoms. The van der Waals surface area contributed by atoms with Crippen molar-refractivity contribution in [3.63, 3.8) is 0 Å². The molecule has 2 heterocycles. The second-order valence-corrected chi connectivity index (χ2v) is 7.54. The van der Waals surface area contributed by atoms with Crippen LogP contribution >= 0.6 is 11.6 Å². The first-order chi connectivity index (χ1) is 9.45. The van der Waals surface area contributed by atoms with Gasteiger partial charge in [0, 0.05) is 18.1 Å². The molecule has 0 saturated carbocycles. The van der Waals surface area contributed by atoms with Gasteiger partial charge in [0.05, 0.1) is 5.02 Å². The monoisotopic (exact) mass is 318 g/mol. The summed E-state index contributed by atoms with van der Waals surface area (Å²) in [5.41, 5.74) is 0. The first-order valence-electron chi connectivity index (χ1n) is 6.68. The molecule has 1 aromatic carbocycles. The smallest absolute Gasteiger partial charge is 0.245 e. The SMILES string of the molecule is O=S(=O)(NC1CC2CCC(C1)N2)c1c(F)cccc1Cl. The Morgan fingerprint density at radius 1 is 1.25 bits per heavy atom. The number of hydrogen-bond acceptors (Lipinski definition) is 3. The van der Waals surface area contributed by atoms with Crippen LogP contribution in [-0.2, 0) is 10.0 Å². The number of fused-ring (bicyclic) bond motifs is 2. The van der Waals surface area contributed by atoms with Gasteiger partial charge in [0.1, 0.15) is 10.7 Å². The minimum absolute atomic E-state index is 0.0885. The minimum Gasteiger partial charge on any atom is -0.311 e. The van der Waals surface area contributed by atoms with Crippen molar-refractivity contribution in [1.29, 1.82) is 0 Å². The van der Waals surface area contributed by atoms with Crippen LogP contribution in [0.5, 0.6) is 0 Å². The molecule has 2 atom stereocenters. The van der Waals surface area contributed by atoms with Crippen LogP contribution in [-0.4, -0.2) is 26.5 Å². The van der Waals surface area contributed by atoms with Gasteiger partial charge in [0.15, 0.2) is 0 Å². The maximum atomic E-state index is 13.8. The molecule has 110 valence electrons. The summed E-state index contributed by atoms with van der Waals surface area (Å²) < 4.78 is 41.0. The fraction of sp³-hybridized carbons (Fsp3) is 0.538. The van der Waals surface area contributed by atoms with Crippen LogP contribution in [0, 0.1) is 5.82 Å². The molecule has 1 aromatic rings. The van der Waals surface area contributed by atoms with Gasteiger partial charge in [-0.3, -0.25) is 0 Å². The van der Waals surface area contributed by atoms with E-state index in [1.165, 1.54) is 12.1 Å². The number of rotatable bonds is 3. The van der Waals surface area contributed by atoms with E-state index >= 15 is 0 Å². The van der Waals surface area contributed by atoms with E-state index in [0.717, 1.165) is 31.7 Å². The molecule has 2 bridgehead atoms. The normalized spacial score (nSPS) is 29.6. The summed E-state index contributed by atoms with van der Waals surface area (Å²) >= 11 is 5.83. The largest absolute Gasteiger partial charge is 0.311 e. The molecule has 2 aliphatic rings. The minimum atomic E-state index is -3.93. The Kier molecular flexibility index (Phi) is 3.75. The first kappa shape index (κ1) is 14.3. The lowest BCUT2D eigenvalue weighted by molar-refractivity contribution is 0.345. The maximum absolute atomic E-state index is 13.8. The summed E-state index contributed by atoms with van der Waals surface area (Å²) in [6.45, 7) is 0. The molecule has 0 aromatic heterocycles. The van der Waals surface area contributed by atoms with Gasteiger partial charge in [0.2, 0.25) is 10.0 Å². The highest BCUT2D eigenvalue weighted by Crippen LogP contribution is 2.29. The number of halogens is 2. The number of benzene rings is 1. The van der Waals surface area contributed by atoms with Gasteiger partial charge >= 0.3 is 0 Å². The van der Waals surface area contributed by atoms with E-state index < -0.39 is 20.7 Å². The van der Waals surface area contributed by atoms with Gasteiger partial charge in [-0.2, -0.15) is 0 Å². The quantitative estimate of drug-likeness (QED) is 0.896. The summed E-state index contributed by atoms with van der Waals surface area (Å²) in [6, 6.07) is 4.43. The predicted molar refractivity (Wildman–Crippen MR) is 74.7 cm³/mol. The van der Waals surface area contributed by atoms with Crippen molar-refractivity contribution in [3.8, 4) is 0 Å². The zero-order valence-electron chi connectivity index (χ0n) is 10.8. The van der Waals surface area contributed by atoms with Gasteiger partial charge in [-0.05, 0) is 37.8 Å². The average Bonchev–Trinajstić information content (AvgIpc) is 2.67. The third kappa shape index (κ3) is 2.70. The maximum Gasteiger partial charge on any atom is 0.245 e. The molecule has 2 fully saturated rings. The van der Waals surface area contributed by atoms with Gasteiger partial charge in [-0.25, -0.2) is 17.5 Å². The zero-order valence-corrected chi connectivity index (χ0v) is 12.3. The Morgan fingerprint density at radius 3 is 2.50 bits per heavy atom. The third-order valence-corrected chi connectivity index (χ3v) is 6.01. The number of piperidine rings is 1. The second-order valence-electron chi connectivity index (χ2n) is 5.48. The second kappa shape index (κ2) is 5.26. The Labute approximate surface area is 122 Å². The van der Waals surface area contributed by atoms with E-state index in [-0.39, 0.29) is 11.1 Å². The Bertz CT molecular complexity index is 591. The average molecular weight is 319 g/mol. The molecule has 0 aliphatic carbocycles. The van der Waals surface area contributed by atoms with Crippen molar-refractivity contribution in [3.05, 3.63) is 29.0 Å². The highest BCUT2D eigenvalue weighted by atomic mass is 35.5. The van der Waals surface area contributed by atoms with Crippen LogP contribution in [0.15, 0.2) is 23.1 Å². The Balaban J connectivity index is 1.82. The van der Waals surface area contributed by atoms with Crippen molar-refractivity contribution < 1.29 is 12.8 Å². The molecule has 7 heteroatoms.